The highest BCUT2D eigenvalue weighted by atomic mass is 15.2. The molecule has 6 aromatic carbocycles. The normalized spacial score (nSPS) is 14.5. The van der Waals surface area contributed by atoms with Crippen LogP contribution in [0.2, 0.25) is 0 Å². The lowest BCUT2D eigenvalue weighted by Crippen LogP contribution is -2.35. The maximum Gasteiger partial charge on any atom is 0.0456 e. The van der Waals surface area contributed by atoms with Crippen molar-refractivity contribution in [3.63, 3.8) is 0 Å². The third-order valence-corrected chi connectivity index (χ3v) is 10.9. The predicted octanol–water partition coefficient (Wildman–Crippen LogP) is 11.6. The molecule has 1 heterocycles. The van der Waals surface area contributed by atoms with E-state index in [9.17, 15) is 0 Å². The number of hydrogen-bond acceptors (Lipinski definition) is 1. The molecule has 0 fully saturated rings. The Hall–Kier alpha value is -5.66. The molecule has 6 aromatic rings. The Balaban J connectivity index is 1.36. The van der Waals surface area contributed by atoms with Gasteiger partial charge < -0.3 is 4.90 Å². The Morgan fingerprint density at radius 3 is 1.57 bits per heavy atom. The number of nitrogens with zero attached hydrogens (tertiary/aromatic N) is 1. The van der Waals surface area contributed by atoms with Gasteiger partial charge in [-0.3, -0.25) is 0 Å². The Morgan fingerprint density at radius 1 is 0.588 bits per heavy atom. The van der Waals surface area contributed by atoms with E-state index in [0.717, 1.165) is 31.3 Å². The molecule has 1 aliphatic rings. The summed E-state index contributed by atoms with van der Waals surface area (Å²) in [6, 6.07) is 61.6. The first-order valence-electron chi connectivity index (χ1n) is 18.1. The monoisotopic (exact) mass is 661 g/mol. The first-order valence-corrected chi connectivity index (χ1v) is 18.1. The summed E-state index contributed by atoms with van der Waals surface area (Å²) in [7, 11) is 2.23. The summed E-state index contributed by atoms with van der Waals surface area (Å²) < 4.78 is 0. The van der Waals surface area contributed by atoms with Gasteiger partial charge in [0.05, 0.1) is 0 Å². The molecule has 252 valence electrons. The van der Waals surface area contributed by atoms with E-state index >= 15 is 0 Å². The van der Waals surface area contributed by atoms with E-state index in [0.29, 0.717) is 0 Å². The minimum atomic E-state index is -0.348. The van der Waals surface area contributed by atoms with E-state index in [2.05, 4.69) is 207 Å². The number of rotatable bonds is 12. The standard InChI is InChI=1S/C50H47N/c1-39-21-16-17-31-45(39)49(35-41-23-8-4-9-24-41,36-42-25-10-5-11-26-42)40(2)22-20-34-48-50(37-43-27-12-6-13-28-43,38-44-29-14-7-15-30-44)46-32-18-19-33-47(46)51(48)3/h4-34H,2,35-38H2,1,3H3/b22-20+,48-34+. The third-order valence-electron chi connectivity index (χ3n) is 10.9. The molecule has 0 spiro atoms. The van der Waals surface area contributed by atoms with Gasteiger partial charge in [0, 0.05) is 29.3 Å². The number of aryl methyl sites for hydroxylation is 1. The summed E-state index contributed by atoms with van der Waals surface area (Å²) in [6.07, 6.45) is 10.4. The molecule has 0 saturated heterocycles. The average Bonchev–Trinajstić information content (AvgIpc) is 3.39. The van der Waals surface area contributed by atoms with Crippen molar-refractivity contribution in [2.75, 3.05) is 11.9 Å². The smallest absolute Gasteiger partial charge is 0.0456 e. The zero-order valence-electron chi connectivity index (χ0n) is 29.9. The van der Waals surface area contributed by atoms with Crippen LogP contribution >= 0.6 is 0 Å². The van der Waals surface area contributed by atoms with Gasteiger partial charge in [-0.1, -0.05) is 183 Å². The van der Waals surface area contributed by atoms with Gasteiger partial charge in [0.25, 0.3) is 0 Å². The van der Waals surface area contributed by atoms with Gasteiger partial charge in [0.2, 0.25) is 0 Å². The van der Waals surface area contributed by atoms with Crippen LogP contribution in [0.5, 0.6) is 0 Å². The molecule has 0 aromatic heterocycles. The molecule has 0 saturated carbocycles. The summed E-state index contributed by atoms with van der Waals surface area (Å²) in [4.78, 5) is 2.41. The molecule has 0 N–H and O–H groups in total. The van der Waals surface area contributed by atoms with Crippen LogP contribution < -0.4 is 4.90 Å². The first-order chi connectivity index (χ1) is 25.0. The Kier molecular flexibility index (Phi) is 9.99. The van der Waals surface area contributed by atoms with Crippen LogP contribution in [0.25, 0.3) is 0 Å². The topological polar surface area (TPSA) is 3.24 Å². The second-order valence-corrected chi connectivity index (χ2v) is 14.1. The second-order valence-electron chi connectivity index (χ2n) is 14.1. The molecule has 51 heavy (non-hydrogen) atoms. The first kappa shape index (κ1) is 33.8. The molecule has 1 heteroatoms. The number of allylic oxidation sites excluding steroid dienone is 5. The fraction of sp³-hybridized carbons (Fsp3) is 0.160. The van der Waals surface area contributed by atoms with Gasteiger partial charge in [-0.15, -0.1) is 0 Å². The van der Waals surface area contributed by atoms with E-state index in [1.165, 1.54) is 50.3 Å². The molecule has 7 rings (SSSR count). The molecule has 0 unspecified atom stereocenters. The minimum Gasteiger partial charge on any atom is -0.347 e. The molecule has 0 aliphatic carbocycles. The van der Waals surface area contributed by atoms with Gasteiger partial charge in [0.1, 0.15) is 0 Å². The van der Waals surface area contributed by atoms with Crippen molar-refractivity contribution in [2.45, 2.75) is 43.4 Å². The van der Waals surface area contributed by atoms with Gasteiger partial charge >= 0.3 is 0 Å². The molecule has 0 radical (unpaired) electrons. The number of likely N-dealkylation sites (N-methyl/N-ethyl adjacent to an activating group) is 1. The maximum absolute atomic E-state index is 4.90. The van der Waals surface area contributed by atoms with Crippen LogP contribution in [0.3, 0.4) is 0 Å². The van der Waals surface area contributed by atoms with Crippen LogP contribution in [-0.2, 0) is 36.5 Å². The van der Waals surface area contributed by atoms with Crippen LogP contribution in [0.4, 0.5) is 5.69 Å². The van der Waals surface area contributed by atoms with Gasteiger partial charge in [0.15, 0.2) is 0 Å². The lowest BCUT2D eigenvalue weighted by atomic mass is 9.65. The van der Waals surface area contributed by atoms with Gasteiger partial charge in [-0.2, -0.15) is 0 Å². The number of hydrogen-bond donors (Lipinski definition) is 0. The highest BCUT2D eigenvalue weighted by Gasteiger charge is 2.46. The summed E-state index contributed by atoms with van der Waals surface area (Å²) in [5, 5.41) is 0. The van der Waals surface area contributed by atoms with Crippen molar-refractivity contribution in [1.29, 1.82) is 0 Å². The van der Waals surface area contributed by atoms with E-state index in [1.807, 2.05) is 0 Å². The number of benzene rings is 6. The molecular weight excluding hydrogens is 615 g/mol. The number of fused-ring (bicyclic) bond motifs is 1. The highest BCUT2D eigenvalue weighted by molar-refractivity contribution is 5.72. The van der Waals surface area contributed by atoms with Crippen molar-refractivity contribution in [2.24, 2.45) is 0 Å². The summed E-state index contributed by atoms with van der Waals surface area (Å²) in [5.41, 5.74) is 12.3. The van der Waals surface area contributed by atoms with Crippen molar-refractivity contribution >= 4 is 5.69 Å². The summed E-state index contributed by atoms with van der Waals surface area (Å²) in [5.74, 6) is 0. The van der Waals surface area contributed by atoms with Gasteiger partial charge in [-0.05, 0) is 89.3 Å². The Labute approximate surface area is 305 Å². The Bertz CT molecular complexity index is 2040. The molecule has 1 aliphatic heterocycles. The lowest BCUT2D eigenvalue weighted by molar-refractivity contribution is 0.503. The zero-order chi connectivity index (χ0) is 35.1. The van der Waals surface area contributed by atoms with E-state index in [4.69, 9.17) is 6.58 Å². The summed E-state index contributed by atoms with van der Waals surface area (Å²) in [6.45, 7) is 7.14. The van der Waals surface area contributed by atoms with Crippen LogP contribution in [0.1, 0.15) is 38.9 Å². The van der Waals surface area contributed by atoms with E-state index < -0.39 is 0 Å². The predicted molar refractivity (Wildman–Crippen MR) is 216 cm³/mol. The molecule has 0 bridgehead atoms. The molecular formula is C50H47N. The van der Waals surface area contributed by atoms with Gasteiger partial charge in [-0.25, -0.2) is 0 Å². The minimum absolute atomic E-state index is 0.249. The van der Waals surface area contributed by atoms with Crippen molar-refractivity contribution in [3.05, 3.63) is 245 Å². The molecule has 1 nitrogen and oxygen atoms in total. The van der Waals surface area contributed by atoms with E-state index in [-0.39, 0.29) is 10.8 Å². The van der Waals surface area contributed by atoms with Crippen LogP contribution in [-0.4, -0.2) is 7.05 Å². The summed E-state index contributed by atoms with van der Waals surface area (Å²) >= 11 is 0. The van der Waals surface area contributed by atoms with Crippen molar-refractivity contribution < 1.29 is 0 Å². The fourth-order valence-corrected chi connectivity index (χ4v) is 8.42. The maximum atomic E-state index is 4.90. The lowest BCUT2D eigenvalue weighted by Gasteiger charge is -2.37. The van der Waals surface area contributed by atoms with Crippen molar-refractivity contribution in [3.8, 4) is 0 Å². The number of para-hydroxylation sites is 1. The third kappa shape index (κ3) is 7.03. The fourth-order valence-electron chi connectivity index (χ4n) is 8.42. The molecule has 0 amide bonds. The quantitative estimate of drug-likeness (QED) is 0.118. The molecule has 0 atom stereocenters. The zero-order valence-corrected chi connectivity index (χ0v) is 29.9. The number of anilines is 1. The largest absolute Gasteiger partial charge is 0.347 e. The van der Waals surface area contributed by atoms with Crippen LogP contribution in [0.15, 0.2) is 206 Å². The SMILES string of the molecule is C=C(/C=C/C=C1/N(C)c2ccccc2C1(Cc1ccccc1)Cc1ccccc1)C(Cc1ccccc1)(Cc1ccccc1)c1ccccc1C. The second kappa shape index (κ2) is 15.1. The van der Waals surface area contributed by atoms with Crippen LogP contribution in [0, 0.1) is 6.92 Å². The van der Waals surface area contributed by atoms with Crippen molar-refractivity contribution in [1.82, 2.24) is 0 Å². The Morgan fingerprint density at radius 2 is 1.04 bits per heavy atom. The average molecular weight is 662 g/mol. The highest BCUT2D eigenvalue weighted by Crippen LogP contribution is 2.51. The van der Waals surface area contributed by atoms with E-state index in [1.54, 1.807) is 0 Å².